The van der Waals surface area contributed by atoms with Crippen LogP contribution in [0.4, 0.5) is 0 Å². The molecule has 36 heavy (non-hydrogen) atoms. The minimum Gasteiger partial charge on any atom is -0.480 e. The molecule has 0 aliphatic heterocycles. The Balaban J connectivity index is 1.41. The van der Waals surface area contributed by atoms with Crippen LogP contribution in [0, 0.1) is 6.92 Å². The third-order valence-corrected chi connectivity index (χ3v) is 6.64. The topological polar surface area (TPSA) is 101 Å². The summed E-state index contributed by atoms with van der Waals surface area (Å²) in [5, 5.41) is 0.780. The van der Waals surface area contributed by atoms with Crippen LogP contribution in [0.2, 0.25) is 0 Å². The van der Waals surface area contributed by atoms with Crippen LogP contribution in [-0.4, -0.2) is 41.2 Å². The zero-order valence-electron chi connectivity index (χ0n) is 20.3. The van der Waals surface area contributed by atoms with Crippen molar-refractivity contribution in [3.05, 3.63) is 82.6 Å². The summed E-state index contributed by atoms with van der Waals surface area (Å²) in [5.41, 5.74) is 4.96. The molecule has 0 atom stereocenters. The summed E-state index contributed by atoms with van der Waals surface area (Å²) in [6, 6.07) is 11.4. The molecule has 1 saturated carbocycles. The van der Waals surface area contributed by atoms with E-state index in [1.54, 1.807) is 30.0 Å². The van der Waals surface area contributed by atoms with Gasteiger partial charge in [-0.05, 0) is 31.4 Å². The Labute approximate surface area is 207 Å². The fourth-order valence-electron chi connectivity index (χ4n) is 4.42. The van der Waals surface area contributed by atoms with Gasteiger partial charge in [-0.3, -0.25) is 9.36 Å². The number of hydrogen-bond donors (Lipinski definition) is 0. The predicted molar refractivity (Wildman–Crippen MR) is 136 cm³/mol. The highest BCUT2D eigenvalue weighted by Crippen LogP contribution is 2.44. The van der Waals surface area contributed by atoms with Gasteiger partial charge in [0.2, 0.25) is 5.88 Å². The number of nitrogens with zero attached hydrogens (tertiary/aromatic N) is 7. The van der Waals surface area contributed by atoms with E-state index in [2.05, 4.69) is 19.9 Å². The van der Waals surface area contributed by atoms with Crippen molar-refractivity contribution < 1.29 is 4.74 Å². The number of aromatic nitrogens is 7. The molecule has 180 valence electrons. The minimum atomic E-state index is -0.129. The van der Waals surface area contributed by atoms with Crippen molar-refractivity contribution in [2.75, 3.05) is 7.11 Å². The SMILES string of the molecule is COc1ncnc(C2CC2)c1-c1ncc2ccc(=O)n(Cc3ccc(-c4cn(C)c(C)n4)cc3)c2n1. The lowest BCUT2D eigenvalue weighted by Crippen LogP contribution is -2.21. The second-order valence-electron chi connectivity index (χ2n) is 9.13. The van der Waals surface area contributed by atoms with E-state index < -0.39 is 0 Å². The summed E-state index contributed by atoms with van der Waals surface area (Å²) in [4.78, 5) is 35.8. The molecule has 0 unspecified atom stereocenters. The first kappa shape index (κ1) is 22.1. The summed E-state index contributed by atoms with van der Waals surface area (Å²) in [7, 11) is 3.56. The number of benzene rings is 1. The molecule has 6 rings (SSSR count). The molecule has 5 aromatic rings. The molecule has 0 saturated heterocycles. The van der Waals surface area contributed by atoms with E-state index in [0.717, 1.165) is 46.6 Å². The summed E-state index contributed by atoms with van der Waals surface area (Å²) < 4.78 is 9.20. The van der Waals surface area contributed by atoms with Crippen LogP contribution in [-0.2, 0) is 13.6 Å². The van der Waals surface area contributed by atoms with E-state index >= 15 is 0 Å². The van der Waals surface area contributed by atoms with Crippen LogP contribution in [0.25, 0.3) is 33.7 Å². The maximum absolute atomic E-state index is 13.0. The standard InChI is InChI=1S/C27H25N7O2/c1-16-31-21(14-33(16)2)18-6-4-17(5-7-18)13-34-22(35)11-10-20-12-28-25(32-26(20)34)23-24(19-8-9-19)29-15-30-27(23)36-3/h4-7,10-12,14-15,19H,8-9,13H2,1-3H3. The van der Waals surface area contributed by atoms with Crippen molar-refractivity contribution in [2.45, 2.75) is 32.2 Å². The molecule has 0 spiro atoms. The minimum absolute atomic E-state index is 0.129. The smallest absolute Gasteiger partial charge is 0.252 e. The van der Waals surface area contributed by atoms with Crippen molar-refractivity contribution in [1.29, 1.82) is 0 Å². The summed E-state index contributed by atoms with van der Waals surface area (Å²) in [5.74, 6) is 2.21. The fraction of sp³-hybridized carbons (Fsp3) is 0.259. The largest absolute Gasteiger partial charge is 0.480 e. The molecular formula is C27H25N7O2. The predicted octanol–water partition coefficient (Wildman–Crippen LogP) is 3.89. The average Bonchev–Trinajstić information content (AvgIpc) is 3.69. The first-order valence-electron chi connectivity index (χ1n) is 11.9. The van der Waals surface area contributed by atoms with Crippen LogP contribution in [0.15, 0.2) is 59.9 Å². The number of methoxy groups -OCH3 is 1. The first-order valence-corrected chi connectivity index (χ1v) is 11.9. The van der Waals surface area contributed by atoms with E-state index in [1.165, 1.54) is 6.33 Å². The van der Waals surface area contributed by atoms with Gasteiger partial charge in [-0.25, -0.2) is 24.9 Å². The molecule has 0 radical (unpaired) electrons. The number of hydrogen-bond acceptors (Lipinski definition) is 7. The van der Waals surface area contributed by atoms with E-state index in [9.17, 15) is 4.79 Å². The van der Waals surface area contributed by atoms with Gasteiger partial charge in [0.05, 0.1) is 25.0 Å². The molecule has 1 aliphatic rings. The summed E-state index contributed by atoms with van der Waals surface area (Å²) in [6.45, 7) is 2.36. The van der Waals surface area contributed by atoms with E-state index in [0.29, 0.717) is 35.4 Å². The van der Waals surface area contributed by atoms with Gasteiger partial charge < -0.3 is 9.30 Å². The Morgan fingerprint density at radius 2 is 1.83 bits per heavy atom. The van der Waals surface area contributed by atoms with Crippen molar-refractivity contribution >= 4 is 11.0 Å². The van der Waals surface area contributed by atoms with Crippen LogP contribution in [0.5, 0.6) is 5.88 Å². The van der Waals surface area contributed by atoms with Gasteiger partial charge in [0.15, 0.2) is 5.82 Å². The molecule has 1 fully saturated rings. The van der Waals surface area contributed by atoms with E-state index in [-0.39, 0.29) is 5.56 Å². The number of fused-ring (bicyclic) bond motifs is 1. The van der Waals surface area contributed by atoms with E-state index in [1.807, 2.05) is 49.0 Å². The van der Waals surface area contributed by atoms with Crippen LogP contribution in [0.1, 0.15) is 35.8 Å². The Hall–Kier alpha value is -4.40. The fourth-order valence-corrected chi connectivity index (χ4v) is 4.42. The maximum atomic E-state index is 13.0. The molecule has 9 nitrogen and oxygen atoms in total. The van der Waals surface area contributed by atoms with Crippen LogP contribution < -0.4 is 10.3 Å². The molecule has 1 aliphatic carbocycles. The average molecular weight is 480 g/mol. The lowest BCUT2D eigenvalue weighted by Gasteiger charge is -2.13. The van der Waals surface area contributed by atoms with Crippen molar-refractivity contribution in [2.24, 2.45) is 7.05 Å². The van der Waals surface area contributed by atoms with Crippen LogP contribution >= 0.6 is 0 Å². The van der Waals surface area contributed by atoms with Gasteiger partial charge in [0.1, 0.15) is 23.4 Å². The summed E-state index contributed by atoms with van der Waals surface area (Å²) in [6.07, 6.45) is 7.40. The number of aryl methyl sites for hydroxylation is 2. The zero-order chi connectivity index (χ0) is 24.8. The normalized spacial score (nSPS) is 13.3. The van der Waals surface area contributed by atoms with Crippen LogP contribution in [0.3, 0.4) is 0 Å². The molecule has 4 aromatic heterocycles. The van der Waals surface area contributed by atoms with Gasteiger partial charge >= 0.3 is 0 Å². The van der Waals surface area contributed by atoms with Crippen molar-refractivity contribution in [1.82, 2.24) is 34.1 Å². The third kappa shape index (κ3) is 3.92. The van der Waals surface area contributed by atoms with Gasteiger partial charge in [-0.1, -0.05) is 24.3 Å². The number of rotatable bonds is 6. The molecular weight excluding hydrogens is 454 g/mol. The Morgan fingerprint density at radius 1 is 1.03 bits per heavy atom. The highest BCUT2D eigenvalue weighted by molar-refractivity contribution is 5.78. The second kappa shape index (κ2) is 8.67. The number of pyridine rings is 1. The molecule has 1 aromatic carbocycles. The lowest BCUT2D eigenvalue weighted by atomic mass is 10.1. The van der Waals surface area contributed by atoms with Gasteiger partial charge in [0.25, 0.3) is 5.56 Å². The third-order valence-electron chi connectivity index (χ3n) is 6.64. The quantitative estimate of drug-likeness (QED) is 0.364. The summed E-state index contributed by atoms with van der Waals surface area (Å²) >= 11 is 0. The molecule has 4 heterocycles. The van der Waals surface area contributed by atoms with Gasteiger partial charge in [-0.2, -0.15) is 0 Å². The van der Waals surface area contributed by atoms with Gasteiger partial charge in [-0.15, -0.1) is 0 Å². The zero-order valence-corrected chi connectivity index (χ0v) is 20.3. The van der Waals surface area contributed by atoms with Gasteiger partial charge in [0, 0.05) is 42.4 Å². The highest BCUT2D eigenvalue weighted by Gasteiger charge is 2.31. The lowest BCUT2D eigenvalue weighted by molar-refractivity contribution is 0.397. The Morgan fingerprint density at radius 3 is 2.53 bits per heavy atom. The molecule has 0 N–H and O–H groups in total. The number of ether oxygens (including phenoxy) is 1. The Bertz CT molecular complexity index is 1630. The number of imidazole rings is 1. The monoisotopic (exact) mass is 479 g/mol. The van der Waals surface area contributed by atoms with Crippen molar-refractivity contribution in [3.8, 4) is 28.5 Å². The molecule has 0 bridgehead atoms. The second-order valence-corrected chi connectivity index (χ2v) is 9.13. The molecule has 9 heteroatoms. The Kier molecular flexibility index (Phi) is 5.32. The van der Waals surface area contributed by atoms with E-state index in [4.69, 9.17) is 9.72 Å². The van der Waals surface area contributed by atoms with Crippen molar-refractivity contribution in [3.63, 3.8) is 0 Å². The maximum Gasteiger partial charge on any atom is 0.252 e. The molecule has 0 amide bonds. The highest BCUT2D eigenvalue weighted by atomic mass is 16.5. The first-order chi connectivity index (χ1) is 17.5.